The largest absolute Gasteiger partial charge is 0.488 e. The Bertz CT molecular complexity index is 491. The lowest BCUT2D eigenvalue weighted by Gasteiger charge is -2.03. The number of benzene rings is 1. The van der Waals surface area contributed by atoms with Crippen molar-refractivity contribution in [2.75, 3.05) is 6.26 Å². The molecule has 0 fully saturated rings. The fourth-order valence-corrected chi connectivity index (χ4v) is 2.97. The van der Waals surface area contributed by atoms with Crippen LogP contribution in [0.5, 0.6) is 0 Å². The Morgan fingerprint density at radius 3 is 2.86 bits per heavy atom. The zero-order chi connectivity index (χ0) is 10.3. The lowest BCUT2D eigenvalue weighted by Crippen LogP contribution is -2.30. The third-order valence-corrected chi connectivity index (χ3v) is 4.11. The Morgan fingerprint density at radius 1 is 1.50 bits per heavy atom. The van der Waals surface area contributed by atoms with Crippen LogP contribution in [0.2, 0.25) is 0 Å². The van der Waals surface area contributed by atoms with E-state index < -0.39 is 16.8 Å². The maximum atomic E-state index is 11.8. The van der Waals surface area contributed by atoms with Crippen LogP contribution in [0.15, 0.2) is 27.5 Å². The number of rotatable bonds is 1. The quantitative estimate of drug-likeness (QED) is 0.605. The van der Waals surface area contributed by atoms with Crippen LogP contribution < -0.4 is 5.46 Å². The Kier molecular flexibility index (Phi) is 2.13. The van der Waals surface area contributed by atoms with Crippen LogP contribution in [0.25, 0.3) is 0 Å². The molecule has 0 saturated carbocycles. The molecule has 0 amide bonds. The molecule has 0 saturated heterocycles. The van der Waals surface area contributed by atoms with Crippen molar-refractivity contribution in [1.82, 2.24) is 0 Å². The van der Waals surface area contributed by atoms with Gasteiger partial charge in [-0.2, -0.15) is 0 Å². The Labute approximate surface area is 82.9 Å². The molecule has 14 heavy (non-hydrogen) atoms. The van der Waals surface area contributed by atoms with E-state index in [1.807, 2.05) is 0 Å². The molecule has 1 aliphatic rings. The van der Waals surface area contributed by atoms with Crippen LogP contribution in [0.1, 0.15) is 5.56 Å². The van der Waals surface area contributed by atoms with Crippen molar-refractivity contribution in [3.8, 4) is 0 Å². The summed E-state index contributed by atoms with van der Waals surface area (Å²) in [7, 11) is -3.71. The summed E-state index contributed by atoms with van der Waals surface area (Å²) in [6, 6.07) is 4.86. The maximum absolute atomic E-state index is 11.8. The van der Waals surface area contributed by atoms with Gasteiger partial charge in [0.15, 0.2) is 0 Å². The Hall–Kier alpha value is -0.845. The molecule has 2 N–H and O–H groups in total. The van der Waals surface area contributed by atoms with Gasteiger partial charge in [0.1, 0.15) is 0 Å². The third kappa shape index (κ3) is 1.45. The van der Waals surface area contributed by atoms with Gasteiger partial charge in [0.05, 0.1) is 21.2 Å². The molecule has 1 aliphatic heterocycles. The van der Waals surface area contributed by atoms with Crippen molar-refractivity contribution in [2.24, 2.45) is 4.36 Å². The number of hydrogen-bond donors (Lipinski definition) is 2. The molecule has 1 atom stereocenters. The number of hydrogen-bond acceptors (Lipinski definition) is 4. The highest BCUT2D eigenvalue weighted by molar-refractivity contribution is 7.93. The van der Waals surface area contributed by atoms with E-state index in [2.05, 4.69) is 4.36 Å². The first-order valence-electron chi connectivity index (χ1n) is 4.17. The second-order valence-corrected chi connectivity index (χ2v) is 5.63. The van der Waals surface area contributed by atoms with Crippen molar-refractivity contribution < 1.29 is 14.3 Å². The Balaban J connectivity index is 2.55. The van der Waals surface area contributed by atoms with Crippen LogP contribution in [0.4, 0.5) is 0 Å². The second kappa shape index (κ2) is 3.08. The molecule has 0 aliphatic carbocycles. The molecular formula is C8H10BNO3S. The maximum Gasteiger partial charge on any atom is 0.488 e. The average Bonchev–Trinajstić information content (AvgIpc) is 2.42. The van der Waals surface area contributed by atoms with Crippen molar-refractivity contribution >= 4 is 22.3 Å². The summed E-state index contributed by atoms with van der Waals surface area (Å²) in [6.45, 7) is 0.394. The topological polar surface area (TPSA) is 69.9 Å². The molecule has 6 heteroatoms. The molecule has 1 unspecified atom stereocenters. The Morgan fingerprint density at radius 2 is 2.21 bits per heavy atom. The predicted octanol–water partition coefficient (Wildman–Crippen LogP) is -0.663. The van der Waals surface area contributed by atoms with E-state index in [1.165, 1.54) is 0 Å². The number of fused-ring (bicyclic) bond motifs is 1. The summed E-state index contributed by atoms with van der Waals surface area (Å²) in [5.41, 5.74) is 1.24. The van der Waals surface area contributed by atoms with Crippen LogP contribution >= 0.6 is 0 Å². The molecule has 1 aromatic carbocycles. The normalized spacial score (nSPS) is 24.2. The first-order valence-corrected chi connectivity index (χ1v) is 6.10. The molecule has 74 valence electrons. The van der Waals surface area contributed by atoms with Gasteiger partial charge in [-0.05, 0) is 17.1 Å². The fourth-order valence-electron chi connectivity index (χ4n) is 1.52. The standard InChI is InChI=1S/C8H10BNO3S/c1-14(13)8-3-2-7(9(11)12)4-6(8)5-10-14/h2-4,11-12H,5H2,1H3. The summed E-state index contributed by atoms with van der Waals surface area (Å²) in [5.74, 6) is 0. The molecule has 1 heterocycles. The van der Waals surface area contributed by atoms with Gasteiger partial charge < -0.3 is 10.0 Å². The van der Waals surface area contributed by atoms with Gasteiger partial charge in [0.2, 0.25) is 0 Å². The summed E-state index contributed by atoms with van der Waals surface area (Å²) in [5, 5.41) is 17.9. The van der Waals surface area contributed by atoms with Gasteiger partial charge in [-0.3, -0.25) is 0 Å². The summed E-state index contributed by atoms with van der Waals surface area (Å²) < 4.78 is 15.8. The third-order valence-electron chi connectivity index (χ3n) is 2.27. The first kappa shape index (κ1) is 9.70. The molecular weight excluding hydrogens is 201 g/mol. The van der Waals surface area contributed by atoms with Crippen LogP contribution in [0.3, 0.4) is 0 Å². The highest BCUT2D eigenvalue weighted by Crippen LogP contribution is 2.24. The number of nitrogens with zero attached hydrogens (tertiary/aromatic N) is 1. The lowest BCUT2D eigenvalue weighted by atomic mass is 9.79. The van der Waals surface area contributed by atoms with Crippen LogP contribution in [-0.2, 0) is 16.3 Å². The van der Waals surface area contributed by atoms with Crippen molar-refractivity contribution in [1.29, 1.82) is 0 Å². The smallest absolute Gasteiger partial charge is 0.423 e. The van der Waals surface area contributed by atoms with Gasteiger partial charge in [-0.25, -0.2) is 8.57 Å². The summed E-state index contributed by atoms with van der Waals surface area (Å²) >= 11 is 0. The molecule has 4 nitrogen and oxygen atoms in total. The fraction of sp³-hybridized carbons (Fsp3) is 0.250. The molecule has 0 bridgehead atoms. The highest BCUT2D eigenvalue weighted by atomic mass is 32.2. The van der Waals surface area contributed by atoms with E-state index in [9.17, 15) is 4.21 Å². The molecule has 0 radical (unpaired) electrons. The van der Waals surface area contributed by atoms with E-state index in [1.54, 1.807) is 24.5 Å². The molecule has 0 spiro atoms. The molecule has 2 rings (SSSR count). The van der Waals surface area contributed by atoms with Crippen molar-refractivity contribution in [3.05, 3.63) is 23.8 Å². The van der Waals surface area contributed by atoms with E-state index in [0.29, 0.717) is 16.9 Å². The van der Waals surface area contributed by atoms with E-state index in [-0.39, 0.29) is 0 Å². The minimum absolute atomic E-state index is 0.394. The SMILES string of the molecule is CS1(=O)=NCc2cc(B(O)O)ccc21. The van der Waals surface area contributed by atoms with E-state index in [4.69, 9.17) is 10.0 Å². The van der Waals surface area contributed by atoms with Crippen molar-refractivity contribution in [3.63, 3.8) is 0 Å². The average molecular weight is 211 g/mol. The zero-order valence-electron chi connectivity index (χ0n) is 7.67. The zero-order valence-corrected chi connectivity index (χ0v) is 8.49. The van der Waals surface area contributed by atoms with Gasteiger partial charge in [0.25, 0.3) is 0 Å². The van der Waals surface area contributed by atoms with Crippen LogP contribution in [0, 0.1) is 0 Å². The minimum Gasteiger partial charge on any atom is -0.423 e. The van der Waals surface area contributed by atoms with Gasteiger partial charge in [-0.15, -0.1) is 0 Å². The van der Waals surface area contributed by atoms with Crippen molar-refractivity contribution in [2.45, 2.75) is 11.4 Å². The van der Waals surface area contributed by atoms with Gasteiger partial charge in [0, 0.05) is 6.26 Å². The minimum atomic E-state index is -2.24. The first-order chi connectivity index (χ1) is 6.50. The summed E-state index contributed by atoms with van der Waals surface area (Å²) in [4.78, 5) is 0.710. The lowest BCUT2D eigenvalue weighted by molar-refractivity contribution is 0.425. The molecule has 1 aromatic rings. The summed E-state index contributed by atoms with van der Waals surface area (Å²) in [6.07, 6.45) is 1.59. The molecule has 0 aromatic heterocycles. The van der Waals surface area contributed by atoms with Crippen LogP contribution in [-0.4, -0.2) is 27.6 Å². The van der Waals surface area contributed by atoms with E-state index in [0.717, 1.165) is 5.56 Å². The van der Waals surface area contributed by atoms with Gasteiger partial charge >= 0.3 is 7.12 Å². The predicted molar refractivity (Wildman–Crippen MR) is 54.7 cm³/mol. The second-order valence-electron chi connectivity index (χ2n) is 3.33. The van der Waals surface area contributed by atoms with Gasteiger partial charge in [-0.1, -0.05) is 12.1 Å². The monoisotopic (exact) mass is 211 g/mol. The highest BCUT2D eigenvalue weighted by Gasteiger charge is 2.20. The van der Waals surface area contributed by atoms with E-state index >= 15 is 0 Å².